The van der Waals surface area contributed by atoms with E-state index < -0.39 is 0 Å². The van der Waals surface area contributed by atoms with Gasteiger partial charge < -0.3 is 4.74 Å². The Bertz CT molecular complexity index is 571. The van der Waals surface area contributed by atoms with Crippen LogP contribution in [0.25, 0.3) is 0 Å². The lowest BCUT2D eigenvalue weighted by atomic mass is 9.67. The zero-order valence-corrected chi connectivity index (χ0v) is 15.0. The van der Waals surface area contributed by atoms with Crippen LogP contribution in [-0.2, 0) is 4.74 Å². The lowest BCUT2D eigenvalue weighted by Gasteiger charge is -2.50. The van der Waals surface area contributed by atoms with E-state index >= 15 is 0 Å². The SMILES string of the molecule is O=C(Nc1ccccc1)O[C@@H]1[C@@H]2CCC[C@@H]1[C@H](N1CCCCC1)CC2. The fraction of sp³-hybridized carbons (Fsp3) is 0.667. The predicted octanol–water partition coefficient (Wildman–Crippen LogP) is 4.67. The van der Waals surface area contributed by atoms with Gasteiger partial charge >= 0.3 is 6.09 Å². The summed E-state index contributed by atoms with van der Waals surface area (Å²) < 4.78 is 6.01. The molecule has 0 radical (unpaired) electrons. The van der Waals surface area contributed by atoms with Gasteiger partial charge in [0.1, 0.15) is 6.10 Å². The van der Waals surface area contributed by atoms with E-state index in [1.165, 1.54) is 64.5 Å². The van der Waals surface area contributed by atoms with Crippen LogP contribution >= 0.6 is 0 Å². The number of fused-ring (bicyclic) bond motifs is 2. The number of piperidine rings is 1. The highest BCUT2D eigenvalue weighted by atomic mass is 16.6. The number of ether oxygens (including phenoxy) is 1. The van der Waals surface area contributed by atoms with Gasteiger partial charge in [0.05, 0.1) is 0 Å². The number of nitrogens with zero attached hydrogens (tertiary/aromatic N) is 1. The van der Waals surface area contributed by atoms with Crippen LogP contribution in [0.15, 0.2) is 30.3 Å². The summed E-state index contributed by atoms with van der Waals surface area (Å²) >= 11 is 0. The first kappa shape index (κ1) is 16.9. The topological polar surface area (TPSA) is 41.6 Å². The van der Waals surface area contributed by atoms with Gasteiger partial charge in [-0.1, -0.05) is 31.0 Å². The average Bonchev–Trinajstić information content (AvgIpc) is 2.63. The molecule has 4 nitrogen and oxygen atoms in total. The van der Waals surface area contributed by atoms with Gasteiger partial charge in [0.2, 0.25) is 0 Å². The Kier molecular flexibility index (Phi) is 5.25. The van der Waals surface area contributed by atoms with E-state index in [1.54, 1.807) is 0 Å². The number of rotatable bonds is 3. The largest absolute Gasteiger partial charge is 0.445 e. The Morgan fingerprint density at radius 1 is 0.960 bits per heavy atom. The Hall–Kier alpha value is -1.55. The van der Waals surface area contributed by atoms with Crippen LogP contribution in [0, 0.1) is 11.8 Å². The van der Waals surface area contributed by atoms with E-state index in [4.69, 9.17) is 4.74 Å². The summed E-state index contributed by atoms with van der Waals surface area (Å²) in [5, 5.41) is 2.90. The number of benzene rings is 1. The van der Waals surface area contributed by atoms with Gasteiger partial charge in [0, 0.05) is 17.6 Å². The van der Waals surface area contributed by atoms with Crippen LogP contribution in [-0.4, -0.2) is 36.2 Å². The first-order chi connectivity index (χ1) is 12.3. The first-order valence-electron chi connectivity index (χ1n) is 10.1. The van der Waals surface area contributed by atoms with Gasteiger partial charge in [0.15, 0.2) is 0 Å². The summed E-state index contributed by atoms with van der Waals surface area (Å²) in [6.07, 6.45) is 10.0. The molecule has 3 aliphatic rings. The molecule has 1 aromatic rings. The summed E-state index contributed by atoms with van der Waals surface area (Å²) in [6, 6.07) is 10.2. The summed E-state index contributed by atoms with van der Waals surface area (Å²) in [7, 11) is 0. The maximum Gasteiger partial charge on any atom is 0.411 e. The van der Waals surface area contributed by atoms with Gasteiger partial charge in [-0.3, -0.25) is 10.2 Å². The number of likely N-dealkylation sites (tertiary alicyclic amines) is 1. The van der Waals surface area contributed by atoms with E-state index in [9.17, 15) is 4.79 Å². The van der Waals surface area contributed by atoms with Crippen LogP contribution in [0.4, 0.5) is 10.5 Å². The van der Waals surface area contributed by atoms with Gasteiger partial charge in [-0.2, -0.15) is 0 Å². The highest BCUT2D eigenvalue weighted by Gasteiger charge is 2.46. The fourth-order valence-electron chi connectivity index (χ4n) is 5.29. The molecule has 0 aromatic heterocycles. The van der Waals surface area contributed by atoms with Gasteiger partial charge in [-0.05, 0) is 69.7 Å². The van der Waals surface area contributed by atoms with Crippen molar-refractivity contribution >= 4 is 11.8 Å². The molecule has 1 aliphatic heterocycles. The quantitative estimate of drug-likeness (QED) is 0.868. The number of para-hydroxylation sites is 1. The second-order valence-corrected chi connectivity index (χ2v) is 7.96. The molecule has 1 aromatic carbocycles. The summed E-state index contributed by atoms with van der Waals surface area (Å²) in [4.78, 5) is 15.1. The number of amides is 1. The molecule has 25 heavy (non-hydrogen) atoms. The molecular formula is C21H30N2O2. The fourth-order valence-corrected chi connectivity index (χ4v) is 5.29. The van der Waals surface area contributed by atoms with Crippen molar-refractivity contribution in [1.82, 2.24) is 4.90 Å². The number of nitrogens with one attached hydrogen (secondary N) is 1. The number of hydrogen-bond donors (Lipinski definition) is 1. The Morgan fingerprint density at radius 3 is 2.56 bits per heavy atom. The molecule has 136 valence electrons. The van der Waals surface area contributed by atoms with Crippen LogP contribution in [0.1, 0.15) is 51.4 Å². The lowest BCUT2D eigenvalue weighted by Crippen LogP contribution is -2.54. The highest BCUT2D eigenvalue weighted by Crippen LogP contribution is 2.44. The van der Waals surface area contributed by atoms with Crippen molar-refractivity contribution in [3.05, 3.63) is 30.3 Å². The van der Waals surface area contributed by atoms with Crippen LogP contribution in [0.5, 0.6) is 0 Å². The van der Waals surface area contributed by atoms with E-state index in [0.29, 0.717) is 17.9 Å². The smallest absolute Gasteiger partial charge is 0.411 e. The maximum absolute atomic E-state index is 12.4. The van der Waals surface area contributed by atoms with Crippen molar-refractivity contribution in [3.8, 4) is 0 Å². The molecule has 2 bridgehead atoms. The molecule has 0 spiro atoms. The molecule has 2 saturated carbocycles. The average molecular weight is 342 g/mol. The summed E-state index contributed by atoms with van der Waals surface area (Å²) in [5.74, 6) is 1.08. The molecule has 1 amide bonds. The second-order valence-electron chi connectivity index (χ2n) is 7.96. The number of carbonyl (C=O) groups is 1. The molecule has 4 heteroatoms. The minimum absolute atomic E-state index is 0.0955. The number of carbonyl (C=O) groups excluding carboxylic acids is 1. The zero-order chi connectivity index (χ0) is 17.1. The molecule has 4 atom stereocenters. The van der Waals surface area contributed by atoms with E-state index in [2.05, 4.69) is 10.2 Å². The van der Waals surface area contributed by atoms with Crippen LogP contribution in [0.3, 0.4) is 0 Å². The van der Waals surface area contributed by atoms with Crippen molar-refractivity contribution < 1.29 is 9.53 Å². The summed E-state index contributed by atoms with van der Waals surface area (Å²) in [6.45, 7) is 2.46. The minimum atomic E-state index is -0.285. The predicted molar refractivity (Wildman–Crippen MR) is 99.6 cm³/mol. The Balaban J connectivity index is 1.42. The van der Waals surface area contributed by atoms with Crippen molar-refractivity contribution in [3.63, 3.8) is 0 Å². The third-order valence-corrected chi connectivity index (χ3v) is 6.45. The maximum atomic E-state index is 12.4. The molecular weight excluding hydrogens is 312 g/mol. The summed E-state index contributed by atoms with van der Waals surface area (Å²) in [5.41, 5.74) is 0.807. The van der Waals surface area contributed by atoms with Crippen molar-refractivity contribution in [2.75, 3.05) is 18.4 Å². The number of hydrogen-bond acceptors (Lipinski definition) is 3. The van der Waals surface area contributed by atoms with Crippen molar-refractivity contribution in [2.45, 2.75) is 63.5 Å². The van der Waals surface area contributed by atoms with Crippen LogP contribution in [0.2, 0.25) is 0 Å². The third kappa shape index (κ3) is 3.84. The normalized spacial score (nSPS) is 32.8. The van der Waals surface area contributed by atoms with Gasteiger partial charge in [0.25, 0.3) is 0 Å². The monoisotopic (exact) mass is 342 g/mol. The molecule has 1 N–H and O–H groups in total. The number of anilines is 1. The molecule has 4 rings (SSSR count). The molecule has 3 fully saturated rings. The second kappa shape index (κ2) is 7.77. The Labute approximate surface area is 150 Å². The van der Waals surface area contributed by atoms with E-state index in [-0.39, 0.29) is 12.2 Å². The van der Waals surface area contributed by atoms with Gasteiger partial charge in [-0.15, -0.1) is 0 Å². The molecule has 1 heterocycles. The van der Waals surface area contributed by atoms with Crippen molar-refractivity contribution in [2.24, 2.45) is 11.8 Å². The third-order valence-electron chi connectivity index (χ3n) is 6.45. The van der Waals surface area contributed by atoms with E-state index in [0.717, 1.165) is 5.69 Å². The standard InChI is InChI=1S/C21H30N2O2/c24-21(22-17-9-3-1-4-10-17)25-20-16-8-7-11-18(20)19(13-12-16)23-14-5-2-6-15-23/h1,3-4,9-10,16,18-20H,2,5-8,11-15H2,(H,22,24)/t16-,18-,19-,20-/m1/s1. The molecule has 1 saturated heterocycles. The first-order valence-corrected chi connectivity index (χ1v) is 10.1. The van der Waals surface area contributed by atoms with Crippen molar-refractivity contribution in [1.29, 1.82) is 0 Å². The molecule has 2 aliphatic carbocycles. The zero-order valence-electron chi connectivity index (χ0n) is 15.0. The molecule has 0 unspecified atom stereocenters. The van der Waals surface area contributed by atoms with Crippen LogP contribution < -0.4 is 5.32 Å². The van der Waals surface area contributed by atoms with Gasteiger partial charge in [-0.25, -0.2) is 4.79 Å². The van der Waals surface area contributed by atoms with E-state index in [1.807, 2.05) is 30.3 Å². The highest BCUT2D eigenvalue weighted by molar-refractivity contribution is 5.84. The Morgan fingerprint density at radius 2 is 1.76 bits per heavy atom. The lowest BCUT2D eigenvalue weighted by molar-refractivity contribution is -0.0688. The minimum Gasteiger partial charge on any atom is -0.445 e.